The largest absolute Gasteiger partial charge is 0.495 e. The van der Waals surface area contributed by atoms with E-state index in [0.717, 1.165) is 16.9 Å². The van der Waals surface area contributed by atoms with E-state index in [0.29, 0.717) is 43.9 Å². The van der Waals surface area contributed by atoms with Crippen molar-refractivity contribution < 1.29 is 22.7 Å². The van der Waals surface area contributed by atoms with Gasteiger partial charge in [-0.3, -0.25) is 4.79 Å². The summed E-state index contributed by atoms with van der Waals surface area (Å²) >= 11 is 0. The van der Waals surface area contributed by atoms with Crippen molar-refractivity contribution in [2.45, 2.75) is 44.6 Å². The molecule has 1 aliphatic rings. The van der Waals surface area contributed by atoms with Crippen molar-refractivity contribution in [2.24, 2.45) is 0 Å². The van der Waals surface area contributed by atoms with Gasteiger partial charge in [0.05, 0.1) is 13.7 Å². The minimum absolute atomic E-state index is 0.0554. The molecule has 2 aromatic rings. The number of methoxy groups -OCH3 is 1. The second kappa shape index (κ2) is 9.70. The molecule has 1 heterocycles. The quantitative estimate of drug-likeness (QED) is 0.705. The Balaban J connectivity index is 1.63. The number of carbonyl (C=O) groups is 1. The van der Waals surface area contributed by atoms with Crippen LogP contribution in [0.3, 0.4) is 0 Å². The van der Waals surface area contributed by atoms with Gasteiger partial charge in [0.25, 0.3) is 5.91 Å². The van der Waals surface area contributed by atoms with Gasteiger partial charge in [-0.25, -0.2) is 13.1 Å². The molecule has 0 aliphatic carbocycles. The predicted octanol–water partition coefficient (Wildman–Crippen LogP) is 3.29. The maximum absolute atomic E-state index is 13.0. The molecule has 3 rings (SSSR count). The molecule has 168 valence electrons. The molecular formula is C23H30N2O5S. The first-order valence-electron chi connectivity index (χ1n) is 10.4. The van der Waals surface area contributed by atoms with Gasteiger partial charge in [0.1, 0.15) is 16.4 Å². The fourth-order valence-corrected chi connectivity index (χ4v) is 5.20. The summed E-state index contributed by atoms with van der Waals surface area (Å²) in [6.45, 7) is 7.25. The summed E-state index contributed by atoms with van der Waals surface area (Å²) in [5, 5.41) is 0. The third kappa shape index (κ3) is 5.37. The molecule has 31 heavy (non-hydrogen) atoms. The molecule has 0 unspecified atom stereocenters. The Labute approximate surface area is 184 Å². The molecule has 7 nitrogen and oxygen atoms in total. The van der Waals surface area contributed by atoms with Gasteiger partial charge in [-0.1, -0.05) is 0 Å². The van der Waals surface area contributed by atoms with Gasteiger partial charge < -0.3 is 14.4 Å². The van der Waals surface area contributed by atoms with E-state index < -0.39 is 10.0 Å². The second-order valence-corrected chi connectivity index (χ2v) is 9.41. The Morgan fingerprint density at radius 1 is 1.10 bits per heavy atom. The Morgan fingerprint density at radius 2 is 1.71 bits per heavy atom. The number of likely N-dealkylation sites (tertiary alicyclic amines) is 1. The molecule has 0 spiro atoms. The summed E-state index contributed by atoms with van der Waals surface area (Å²) in [4.78, 5) is 14.7. The lowest BCUT2D eigenvalue weighted by molar-refractivity contribution is 0.0711. The fourth-order valence-electron chi connectivity index (χ4n) is 3.66. The van der Waals surface area contributed by atoms with Gasteiger partial charge in [-0.2, -0.15) is 0 Å². The van der Waals surface area contributed by atoms with Crippen LogP contribution in [0.2, 0.25) is 0 Å². The number of amides is 1. The summed E-state index contributed by atoms with van der Waals surface area (Å²) in [6, 6.07) is 10.2. The lowest BCUT2D eigenvalue weighted by Gasteiger charge is -2.32. The van der Waals surface area contributed by atoms with Crippen LogP contribution in [0, 0.1) is 13.8 Å². The number of sulfonamides is 1. The van der Waals surface area contributed by atoms with Crippen molar-refractivity contribution in [1.82, 2.24) is 9.62 Å². The Morgan fingerprint density at radius 3 is 2.29 bits per heavy atom. The number of carbonyl (C=O) groups excluding carboxylic acids is 1. The van der Waals surface area contributed by atoms with Gasteiger partial charge in [-0.05, 0) is 81.1 Å². The monoisotopic (exact) mass is 446 g/mol. The summed E-state index contributed by atoms with van der Waals surface area (Å²) < 4.78 is 39.5. The standard InChI is InChI=1S/C23H30N2O5S/c1-5-30-20-8-6-18(7-9-20)23(26)25-12-10-19(11-13-25)24-31(27,28)22-15-17(3)16(2)14-21(22)29-4/h6-9,14-15,19,24H,5,10-13H2,1-4H3. The van der Waals surface area contributed by atoms with Crippen LogP contribution in [0.4, 0.5) is 0 Å². The number of hydrogen-bond acceptors (Lipinski definition) is 5. The molecule has 1 N–H and O–H groups in total. The molecule has 1 saturated heterocycles. The van der Waals surface area contributed by atoms with Crippen LogP contribution in [-0.4, -0.2) is 52.1 Å². The Hall–Kier alpha value is -2.58. The maximum atomic E-state index is 13.0. The highest BCUT2D eigenvalue weighted by Gasteiger charge is 2.29. The number of aryl methyl sites for hydroxylation is 2. The first-order chi connectivity index (χ1) is 14.7. The van der Waals surface area contributed by atoms with Crippen LogP contribution in [0.25, 0.3) is 0 Å². The van der Waals surface area contributed by atoms with Crippen molar-refractivity contribution in [2.75, 3.05) is 26.8 Å². The molecular weight excluding hydrogens is 416 g/mol. The summed E-state index contributed by atoms with van der Waals surface area (Å²) in [5.41, 5.74) is 2.45. The summed E-state index contributed by atoms with van der Waals surface area (Å²) in [7, 11) is -2.27. The highest BCUT2D eigenvalue weighted by molar-refractivity contribution is 7.89. The summed E-state index contributed by atoms with van der Waals surface area (Å²) in [6.07, 6.45) is 1.10. The van der Waals surface area contributed by atoms with E-state index >= 15 is 0 Å². The predicted molar refractivity (Wildman–Crippen MR) is 119 cm³/mol. The van der Waals surface area contributed by atoms with Crippen LogP contribution >= 0.6 is 0 Å². The van der Waals surface area contributed by atoms with E-state index in [9.17, 15) is 13.2 Å². The highest BCUT2D eigenvalue weighted by Crippen LogP contribution is 2.28. The van der Waals surface area contributed by atoms with Crippen molar-refractivity contribution >= 4 is 15.9 Å². The number of piperidine rings is 1. The smallest absolute Gasteiger partial charge is 0.253 e. The SMILES string of the molecule is CCOc1ccc(C(=O)N2CCC(NS(=O)(=O)c3cc(C)c(C)cc3OC)CC2)cc1. The summed E-state index contributed by atoms with van der Waals surface area (Å²) in [5.74, 6) is 1.01. The van der Waals surface area contributed by atoms with Crippen LogP contribution in [0.15, 0.2) is 41.3 Å². The average molecular weight is 447 g/mol. The lowest BCUT2D eigenvalue weighted by atomic mass is 10.0. The molecule has 0 aromatic heterocycles. The van der Waals surface area contributed by atoms with E-state index in [4.69, 9.17) is 9.47 Å². The number of ether oxygens (including phenoxy) is 2. The van der Waals surface area contributed by atoms with Crippen LogP contribution in [-0.2, 0) is 10.0 Å². The molecule has 1 fully saturated rings. The van der Waals surface area contributed by atoms with Gasteiger partial charge >= 0.3 is 0 Å². The van der Waals surface area contributed by atoms with Crippen molar-refractivity contribution in [3.8, 4) is 11.5 Å². The first kappa shape index (κ1) is 23.1. The van der Waals surface area contributed by atoms with Gasteiger partial charge in [0.15, 0.2) is 0 Å². The first-order valence-corrected chi connectivity index (χ1v) is 11.9. The third-order valence-electron chi connectivity index (χ3n) is 5.59. The molecule has 0 radical (unpaired) electrons. The molecule has 0 atom stereocenters. The normalized spacial score (nSPS) is 15.0. The third-order valence-corrected chi connectivity index (χ3v) is 7.13. The van der Waals surface area contributed by atoms with Crippen LogP contribution < -0.4 is 14.2 Å². The fraction of sp³-hybridized carbons (Fsp3) is 0.435. The Bertz CT molecular complexity index is 1030. The van der Waals surface area contributed by atoms with Gasteiger partial charge in [-0.15, -0.1) is 0 Å². The van der Waals surface area contributed by atoms with Crippen molar-refractivity contribution in [3.05, 3.63) is 53.1 Å². The topological polar surface area (TPSA) is 84.9 Å². The van der Waals surface area contributed by atoms with E-state index in [1.807, 2.05) is 20.8 Å². The van der Waals surface area contributed by atoms with Crippen LogP contribution in [0.5, 0.6) is 11.5 Å². The minimum atomic E-state index is -3.73. The number of nitrogens with one attached hydrogen (secondary N) is 1. The second-order valence-electron chi connectivity index (χ2n) is 7.73. The number of rotatable bonds is 7. The zero-order valence-electron chi connectivity index (χ0n) is 18.5. The number of nitrogens with zero attached hydrogens (tertiary/aromatic N) is 1. The van der Waals surface area contributed by atoms with Crippen molar-refractivity contribution in [3.63, 3.8) is 0 Å². The van der Waals surface area contributed by atoms with E-state index in [-0.39, 0.29) is 16.8 Å². The molecule has 0 bridgehead atoms. The van der Waals surface area contributed by atoms with Crippen LogP contribution in [0.1, 0.15) is 41.3 Å². The highest BCUT2D eigenvalue weighted by atomic mass is 32.2. The Kier molecular flexibility index (Phi) is 7.23. The molecule has 2 aromatic carbocycles. The minimum Gasteiger partial charge on any atom is -0.495 e. The zero-order chi connectivity index (χ0) is 22.6. The van der Waals surface area contributed by atoms with E-state index in [2.05, 4.69) is 4.72 Å². The van der Waals surface area contributed by atoms with E-state index in [1.165, 1.54) is 7.11 Å². The maximum Gasteiger partial charge on any atom is 0.253 e. The molecule has 0 saturated carbocycles. The lowest BCUT2D eigenvalue weighted by Crippen LogP contribution is -2.46. The number of benzene rings is 2. The molecule has 1 amide bonds. The molecule has 8 heteroatoms. The van der Waals surface area contributed by atoms with Gasteiger partial charge in [0, 0.05) is 24.7 Å². The number of hydrogen-bond donors (Lipinski definition) is 1. The zero-order valence-corrected chi connectivity index (χ0v) is 19.3. The van der Waals surface area contributed by atoms with E-state index in [1.54, 1.807) is 41.3 Å². The average Bonchev–Trinajstić information content (AvgIpc) is 2.76. The van der Waals surface area contributed by atoms with Gasteiger partial charge in [0.2, 0.25) is 10.0 Å². The molecule has 1 aliphatic heterocycles. The van der Waals surface area contributed by atoms with Crippen molar-refractivity contribution in [1.29, 1.82) is 0 Å².